The average molecular weight is 432 g/mol. The molecule has 0 unspecified atom stereocenters. The monoisotopic (exact) mass is 431 g/mol. The second-order valence-corrected chi connectivity index (χ2v) is 13.4. The van der Waals surface area contributed by atoms with Crippen molar-refractivity contribution in [3.8, 4) is 0 Å². The third kappa shape index (κ3) is 3.00. The van der Waals surface area contributed by atoms with Crippen LogP contribution in [0, 0.1) is 52.8 Å². The van der Waals surface area contributed by atoms with Gasteiger partial charge in [0, 0.05) is 19.1 Å². The maximum Gasteiger partial charge on any atom is 0.0805 e. The second kappa shape index (κ2) is 7.17. The van der Waals surface area contributed by atoms with E-state index in [2.05, 4.69) is 25.7 Å². The van der Waals surface area contributed by atoms with Crippen molar-refractivity contribution in [3.63, 3.8) is 0 Å². The van der Waals surface area contributed by atoms with Crippen LogP contribution in [0.1, 0.15) is 78.6 Å². The summed E-state index contributed by atoms with van der Waals surface area (Å²) < 4.78 is 0. The number of piperidine rings is 2. The van der Waals surface area contributed by atoms with Gasteiger partial charge in [0.1, 0.15) is 0 Å². The zero-order valence-corrected chi connectivity index (χ0v) is 19.9. The van der Waals surface area contributed by atoms with Gasteiger partial charge in [-0.15, -0.1) is 0 Å². The molecular weight excluding hydrogens is 386 g/mol. The molecule has 4 saturated carbocycles. The van der Waals surface area contributed by atoms with E-state index < -0.39 is 5.60 Å². The number of hydrogen-bond donors (Lipinski definition) is 3. The van der Waals surface area contributed by atoms with Gasteiger partial charge in [-0.2, -0.15) is 0 Å². The number of nitrogens with zero attached hydrogens (tertiary/aromatic N) is 1. The lowest BCUT2D eigenvalue weighted by Gasteiger charge is -2.60. The molecule has 0 amide bonds. The Hall–Kier alpha value is -0.160. The summed E-state index contributed by atoms with van der Waals surface area (Å²) >= 11 is 0. The fourth-order valence-corrected chi connectivity index (χ4v) is 10.6. The summed E-state index contributed by atoms with van der Waals surface area (Å²) in [6.45, 7) is 9.36. The molecule has 4 aliphatic carbocycles. The quantitative estimate of drug-likeness (QED) is 0.547. The summed E-state index contributed by atoms with van der Waals surface area (Å²) in [6.07, 6.45) is 9.43. The predicted octanol–water partition coefficient (Wildman–Crippen LogP) is 3.68. The normalized spacial score (nSPS) is 61.5. The Morgan fingerprint density at radius 2 is 1.55 bits per heavy atom. The molecule has 0 aromatic heterocycles. The van der Waals surface area contributed by atoms with Crippen LogP contribution in [0.4, 0.5) is 0 Å². The molecule has 6 rings (SSSR count). The summed E-state index contributed by atoms with van der Waals surface area (Å²) in [5, 5.41) is 33.3. The van der Waals surface area contributed by atoms with Gasteiger partial charge in [-0.05, 0) is 117 Å². The Labute approximate surface area is 188 Å². The van der Waals surface area contributed by atoms with Crippen LogP contribution in [0.15, 0.2) is 0 Å². The first-order valence-corrected chi connectivity index (χ1v) is 13.5. The lowest BCUT2D eigenvalue weighted by atomic mass is 9.51. The molecule has 13 atom stereocenters. The fourth-order valence-electron chi connectivity index (χ4n) is 10.6. The van der Waals surface area contributed by atoms with E-state index in [1.165, 1.54) is 32.2 Å². The van der Waals surface area contributed by atoms with Gasteiger partial charge in [0.15, 0.2) is 0 Å². The highest BCUT2D eigenvalue weighted by Crippen LogP contribution is 2.67. The average Bonchev–Trinajstić information content (AvgIpc) is 3.09. The highest BCUT2D eigenvalue weighted by atomic mass is 16.3. The van der Waals surface area contributed by atoms with Crippen molar-refractivity contribution >= 4 is 0 Å². The molecule has 0 radical (unpaired) electrons. The van der Waals surface area contributed by atoms with Crippen LogP contribution < -0.4 is 0 Å². The molecule has 2 aliphatic heterocycles. The summed E-state index contributed by atoms with van der Waals surface area (Å²) in [5.41, 5.74) is -0.365. The number of fused-ring (bicyclic) bond motifs is 8. The van der Waals surface area contributed by atoms with Crippen molar-refractivity contribution in [2.75, 3.05) is 13.1 Å². The van der Waals surface area contributed by atoms with Crippen LogP contribution >= 0.6 is 0 Å². The molecule has 0 spiro atoms. The number of rotatable bonds is 0. The van der Waals surface area contributed by atoms with Crippen LogP contribution in [0.3, 0.4) is 0 Å². The smallest absolute Gasteiger partial charge is 0.0805 e. The van der Waals surface area contributed by atoms with Gasteiger partial charge in [-0.1, -0.05) is 13.8 Å². The van der Waals surface area contributed by atoms with Gasteiger partial charge in [0.05, 0.1) is 17.8 Å². The van der Waals surface area contributed by atoms with Gasteiger partial charge >= 0.3 is 0 Å². The predicted molar refractivity (Wildman–Crippen MR) is 121 cm³/mol. The van der Waals surface area contributed by atoms with E-state index in [1.54, 1.807) is 0 Å². The Kier molecular flexibility index (Phi) is 4.94. The highest BCUT2D eigenvalue weighted by molar-refractivity contribution is 5.14. The van der Waals surface area contributed by atoms with E-state index in [1.807, 2.05) is 0 Å². The first kappa shape index (κ1) is 21.4. The third-order valence-electron chi connectivity index (χ3n) is 12.0. The third-order valence-corrected chi connectivity index (χ3v) is 12.0. The molecule has 6 fully saturated rings. The van der Waals surface area contributed by atoms with Crippen LogP contribution in [0.25, 0.3) is 0 Å². The lowest BCUT2D eigenvalue weighted by Crippen LogP contribution is -2.67. The molecule has 2 saturated heterocycles. The van der Waals surface area contributed by atoms with Crippen molar-refractivity contribution in [1.82, 2.24) is 4.90 Å². The standard InChI is InChI=1S/C27H45NO3/c1-15-4-7-25-27(3,31)21-6-5-17-18(20(21)14-28(25)13-15)11-22-19(17)12-24(30)23-10-16(29)8-9-26(22,23)2/h15-25,29-31H,4-14H2,1-3H3/t15-,16+,17+,18+,19-,20+,21-,22+,23+,24-,25-,26+,27-/m0/s1. The van der Waals surface area contributed by atoms with Gasteiger partial charge < -0.3 is 15.3 Å². The molecule has 4 nitrogen and oxygen atoms in total. The maximum atomic E-state index is 11.8. The summed E-state index contributed by atoms with van der Waals surface area (Å²) in [6, 6.07) is 0.355. The van der Waals surface area contributed by atoms with Crippen LogP contribution in [0.5, 0.6) is 0 Å². The van der Waals surface area contributed by atoms with Crippen LogP contribution in [-0.2, 0) is 0 Å². The Balaban J connectivity index is 1.30. The molecule has 0 aromatic carbocycles. The SMILES string of the molecule is C[C@H]1CC[C@@H]2N(C1)C[C@@H]1[C@@H]3C[C@@H]4[C@@H](C[C@H](O)[C@H]5C[C@H](O)CC[C@]45C)[C@@H]3CC[C@@H]1[C@]2(C)O. The first-order chi connectivity index (χ1) is 14.7. The van der Waals surface area contributed by atoms with Crippen LogP contribution in [-0.4, -0.2) is 57.2 Å². The molecule has 0 aromatic rings. The van der Waals surface area contributed by atoms with Gasteiger partial charge in [-0.3, -0.25) is 4.90 Å². The Morgan fingerprint density at radius 1 is 0.742 bits per heavy atom. The minimum absolute atomic E-state index is 0.188. The minimum atomic E-state index is -0.553. The van der Waals surface area contributed by atoms with Gasteiger partial charge in [0.2, 0.25) is 0 Å². The summed E-state index contributed by atoms with van der Waals surface area (Å²) in [5.74, 6) is 4.89. The molecule has 2 heterocycles. The molecule has 176 valence electrons. The maximum absolute atomic E-state index is 11.8. The van der Waals surface area contributed by atoms with Gasteiger partial charge in [-0.25, -0.2) is 0 Å². The Bertz CT molecular complexity index is 711. The molecule has 0 bridgehead atoms. The number of aliphatic hydroxyl groups excluding tert-OH is 2. The molecule has 3 N–H and O–H groups in total. The zero-order valence-electron chi connectivity index (χ0n) is 19.9. The molecule has 31 heavy (non-hydrogen) atoms. The Morgan fingerprint density at radius 3 is 2.35 bits per heavy atom. The van der Waals surface area contributed by atoms with E-state index >= 15 is 0 Å². The first-order valence-electron chi connectivity index (χ1n) is 13.5. The zero-order chi connectivity index (χ0) is 21.7. The van der Waals surface area contributed by atoms with Crippen molar-refractivity contribution in [2.45, 2.75) is 102 Å². The minimum Gasteiger partial charge on any atom is -0.393 e. The van der Waals surface area contributed by atoms with Crippen molar-refractivity contribution in [1.29, 1.82) is 0 Å². The van der Waals surface area contributed by atoms with E-state index in [-0.39, 0.29) is 23.5 Å². The van der Waals surface area contributed by atoms with E-state index in [4.69, 9.17) is 0 Å². The highest BCUT2D eigenvalue weighted by Gasteiger charge is 2.64. The molecule has 4 heteroatoms. The largest absolute Gasteiger partial charge is 0.393 e. The van der Waals surface area contributed by atoms with Gasteiger partial charge in [0.25, 0.3) is 0 Å². The summed E-state index contributed by atoms with van der Waals surface area (Å²) in [4.78, 5) is 2.68. The summed E-state index contributed by atoms with van der Waals surface area (Å²) in [7, 11) is 0. The van der Waals surface area contributed by atoms with Crippen molar-refractivity contribution in [3.05, 3.63) is 0 Å². The number of hydrogen-bond acceptors (Lipinski definition) is 4. The second-order valence-electron chi connectivity index (χ2n) is 13.4. The number of aliphatic hydroxyl groups is 3. The van der Waals surface area contributed by atoms with Crippen molar-refractivity contribution < 1.29 is 15.3 Å². The van der Waals surface area contributed by atoms with E-state index in [9.17, 15) is 15.3 Å². The topological polar surface area (TPSA) is 63.9 Å². The lowest BCUT2D eigenvalue weighted by molar-refractivity contribution is -0.176. The molecule has 6 aliphatic rings. The molecular formula is C27H45NO3. The van der Waals surface area contributed by atoms with Crippen LogP contribution in [0.2, 0.25) is 0 Å². The van der Waals surface area contributed by atoms with E-state index in [0.29, 0.717) is 35.6 Å². The fraction of sp³-hybridized carbons (Fsp3) is 1.00. The van der Waals surface area contributed by atoms with Crippen molar-refractivity contribution in [2.24, 2.45) is 52.8 Å². The van der Waals surface area contributed by atoms with E-state index in [0.717, 1.165) is 50.5 Å².